The summed E-state index contributed by atoms with van der Waals surface area (Å²) in [5, 5.41) is 0. The summed E-state index contributed by atoms with van der Waals surface area (Å²) in [5.41, 5.74) is 19.6. The Kier molecular flexibility index (Phi) is 8.49. The van der Waals surface area contributed by atoms with Crippen molar-refractivity contribution >= 4 is 17.1 Å². The highest BCUT2D eigenvalue weighted by Crippen LogP contribution is 2.53. The molecule has 0 N–H and O–H groups in total. The molecule has 0 amide bonds. The molecule has 0 atom stereocenters. The minimum Gasteiger partial charge on any atom is -0.307 e. The Morgan fingerprint density at radius 2 is 0.962 bits per heavy atom. The zero-order chi connectivity index (χ0) is 37.1. The van der Waals surface area contributed by atoms with Gasteiger partial charge in [-0.25, -0.2) is 19.3 Å². The van der Waals surface area contributed by atoms with Gasteiger partial charge in [0, 0.05) is 40.4 Å². The molecule has 0 bridgehead atoms. The smallest absolute Gasteiger partial charge is 0.164 e. The number of hydrogen-bond acceptors (Lipinski definition) is 5. The summed E-state index contributed by atoms with van der Waals surface area (Å²) >= 11 is 0. The summed E-state index contributed by atoms with van der Waals surface area (Å²) in [5.74, 6) is 1.11. The van der Waals surface area contributed by atoms with Gasteiger partial charge in [0.1, 0.15) is 5.82 Å². The van der Waals surface area contributed by atoms with E-state index in [4.69, 9.17) is 15.0 Å². The molecule has 0 saturated heterocycles. The monoisotopic (exact) mass is 695 g/mol. The molecule has 262 valence electrons. The first-order chi connectivity index (χ1) is 25.5. The van der Waals surface area contributed by atoms with Crippen LogP contribution in [0.15, 0.2) is 97.3 Å². The lowest BCUT2D eigenvalue weighted by Gasteiger charge is -2.40. The Labute approximate surface area is 311 Å². The lowest BCUT2D eigenvalue weighted by Crippen LogP contribution is -2.25. The number of benzene rings is 5. The SMILES string of the molecule is Cc1c(C)c(C)c2c(c1C)Cc1c(C)c(C)c(C)c(C)c1N2c1cnccc1-c1ccc(-c2nc(-c3ccccc3)nc(-c3ccccc3)n2)cc1F. The highest BCUT2D eigenvalue weighted by atomic mass is 19.1. The fraction of sp³-hybridized carbons (Fsp3) is 0.191. The quantitative estimate of drug-likeness (QED) is 0.179. The average Bonchev–Trinajstić information content (AvgIpc) is 3.20. The molecule has 1 aliphatic heterocycles. The van der Waals surface area contributed by atoms with E-state index in [9.17, 15) is 0 Å². The predicted molar refractivity (Wildman–Crippen MR) is 215 cm³/mol. The van der Waals surface area contributed by atoms with Gasteiger partial charge in [-0.15, -0.1) is 0 Å². The topological polar surface area (TPSA) is 54.8 Å². The molecule has 1 aliphatic rings. The first-order valence-electron chi connectivity index (χ1n) is 18.1. The van der Waals surface area contributed by atoms with E-state index in [1.54, 1.807) is 12.3 Å². The second-order valence-electron chi connectivity index (χ2n) is 14.3. The van der Waals surface area contributed by atoms with Crippen LogP contribution < -0.4 is 4.90 Å². The number of rotatable bonds is 5. The van der Waals surface area contributed by atoms with Crippen molar-refractivity contribution in [3.05, 3.63) is 159 Å². The number of fused-ring (bicyclic) bond motifs is 2. The van der Waals surface area contributed by atoms with E-state index in [1.807, 2.05) is 85.1 Å². The molecule has 0 spiro atoms. The zero-order valence-corrected chi connectivity index (χ0v) is 31.6. The van der Waals surface area contributed by atoms with E-state index >= 15 is 4.39 Å². The molecule has 3 heterocycles. The first-order valence-corrected chi connectivity index (χ1v) is 18.1. The average molecular weight is 696 g/mol. The van der Waals surface area contributed by atoms with Crippen LogP contribution in [0.2, 0.25) is 0 Å². The van der Waals surface area contributed by atoms with E-state index in [0.29, 0.717) is 28.6 Å². The normalized spacial score (nSPS) is 12.1. The molecule has 2 aromatic heterocycles. The maximum Gasteiger partial charge on any atom is 0.164 e. The summed E-state index contributed by atoms with van der Waals surface area (Å²) in [6.45, 7) is 17.8. The van der Waals surface area contributed by atoms with Gasteiger partial charge in [-0.1, -0.05) is 72.8 Å². The Morgan fingerprint density at radius 3 is 1.45 bits per heavy atom. The molecule has 53 heavy (non-hydrogen) atoms. The summed E-state index contributed by atoms with van der Waals surface area (Å²) in [4.78, 5) is 21.5. The van der Waals surface area contributed by atoms with Gasteiger partial charge in [-0.3, -0.25) is 4.98 Å². The van der Waals surface area contributed by atoms with Crippen LogP contribution in [0, 0.1) is 61.2 Å². The van der Waals surface area contributed by atoms with Crippen molar-refractivity contribution in [2.24, 2.45) is 0 Å². The Bertz CT molecular complexity index is 2450. The maximum atomic E-state index is 16.8. The van der Waals surface area contributed by atoms with Crippen LogP contribution in [0.3, 0.4) is 0 Å². The van der Waals surface area contributed by atoms with E-state index in [1.165, 1.54) is 67.0 Å². The number of halogens is 1. The van der Waals surface area contributed by atoms with Gasteiger partial charge in [0.25, 0.3) is 0 Å². The van der Waals surface area contributed by atoms with Gasteiger partial charge in [0.2, 0.25) is 0 Å². The van der Waals surface area contributed by atoms with Crippen molar-refractivity contribution < 1.29 is 4.39 Å². The third-order valence-corrected chi connectivity index (χ3v) is 11.6. The lowest BCUT2D eigenvalue weighted by atomic mass is 9.80. The Balaban J connectivity index is 1.32. The van der Waals surface area contributed by atoms with E-state index in [2.05, 4.69) is 65.3 Å². The number of nitrogens with zero attached hydrogens (tertiary/aromatic N) is 5. The highest BCUT2D eigenvalue weighted by molar-refractivity contribution is 5.95. The molecular weight excluding hydrogens is 654 g/mol. The Hall–Kier alpha value is -6.01. The van der Waals surface area contributed by atoms with Gasteiger partial charge in [-0.05, 0) is 123 Å². The Morgan fingerprint density at radius 1 is 0.491 bits per heavy atom. The highest BCUT2D eigenvalue weighted by Gasteiger charge is 2.34. The largest absolute Gasteiger partial charge is 0.307 e. The van der Waals surface area contributed by atoms with Crippen LogP contribution in [-0.4, -0.2) is 19.9 Å². The van der Waals surface area contributed by atoms with E-state index in [-0.39, 0.29) is 5.82 Å². The minimum atomic E-state index is -0.365. The van der Waals surface area contributed by atoms with E-state index in [0.717, 1.165) is 28.8 Å². The summed E-state index contributed by atoms with van der Waals surface area (Å²) in [6.07, 6.45) is 4.49. The van der Waals surface area contributed by atoms with Crippen LogP contribution in [0.5, 0.6) is 0 Å². The summed E-state index contributed by atoms with van der Waals surface area (Å²) < 4.78 is 16.8. The fourth-order valence-corrected chi connectivity index (χ4v) is 7.91. The van der Waals surface area contributed by atoms with Crippen LogP contribution in [0.25, 0.3) is 45.3 Å². The molecule has 8 rings (SSSR count). The minimum absolute atomic E-state index is 0.365. The van der Waals surface area contributed by atoms with Crippen LogP contribution >= 0.6 is 0 Å². The molecule has 0 unspecified atom stereocenters. The fourth-order valence-electron chi connectivity index (χ4n) is 7.91. The molecule has 5 nitrogen and oxygen atoms in total. The molecule has 0 aliphatic carbocycles. The van der Waals surface area contributed by atoms with E-state index < -0.39 is 0 Å². The standard InChI is InChI=1S/C47H42FN5/c1-26-28(3)32(7)43-39(30(26)5)24-40-31(6)27(2)29(4)33(8)44(40)53(43)42-25-49-22-21-38(42)37-20-19-36(23-41(37)48)47-51-45(34-15-11-9-12-16-34)50-46(52-47)35-17-13-10-14-18-35/h9-23,25H,24H2,1-8H3. The van der Waals surface area contributed by atoms with Crippen molar-refractivity contribution in [3.63, 3.8) is 0 Å². The van der Waals surface area contributed by atoms with Crippen molar-refractivity contribution in [1.29, 1.82) is 0 Å². The summed E-state index contributed by atoms with van der Waals surface area (Å²) in [7, 11) is 0. The van der Waals surface area contributed by atoms with Crippen LogP contribution in [0.4, 0.5) is 21.5 Å². The number of hydrogen-bond donors (Lipinski definition) is 0. The third kappa shape index (κ3) is 5.61. The van der Waals surface area contributed by atoms with Crippen molar-refractivity contribution in [1.82, 2.24) is 19.9 Å². The number of pyridine rings is 1. The van der Waals surface area contributed by atoms with Gasteiger partial charge in [0.15, 0.2) is 17.5 Å². The van der Waals surface area contributed by atoms with Gasteiger partial charge >= 0.3 is 0 Å². The van der Waals surface area contributed by atoms with Crippen molar-refractivity contribution in [2.45, 2.75) is 61.8 Å². The molecule has 0 radical (unpaired) electrons. The van der Waals surface area contributed by atoms with Gasteiger partial charge in [-0.2, -0.15) is 0 Å². The zero-order valence-electron chi connectivity index (χ0n) is 31.6. The molecule has 0 saturated carbocycles. The molecule has 0 fully saturated rings. The summed E-state index contributed by atoms with van der Waals surface area (Å²) in [6, 6.07) is 26.8. The lowest BCUT2D eigenvalue weighted by molar-refractivity contribution is 0.631. The van der Waals surface area contributed by atoms with Crippen molar-refractivity contribution in [2.75, 3.05) is 4.90 Å². The second kappa shape index (κ2) is 13.2. The van der Waals surface area contributed by atoms with Gasteiger partial charge < -0.3 is 4.90 Å². The third-order valence-electron chi connectivity index (χ3n) is 11.6. The maximum absolute atomic E-state index is 16.8. The predicted octanol–water partition coefficient (Wildman–Crippen LogP) is 11.9. The number of aromatic nitrogens is 4. The molecular formula is C47H42FN5. The molecule has 6 heteroatoms. The van der Waals surface area contributed by atoms with Crippen LogP contribution in [0.1, 0.15) is 55.6 Å². The molecule has 5 aromatic carbocycles. The first kappa shape index (κ1) is 34.1. The van der Waals surface area contributed by atoms with Crippen LogP contribution in [-0.2, 0) is 6.42 Å². The second-order valence-corrected chi connectivity index (χ2v) is 14.3. The molecule has 7 aromatic rings. The van der Waals surface area contributed by atoms with Gasteiger partial charge in [0.05, 0.1) is 23.3 Å². The number of anilines is 3. The van der Waals surface area contributed by atoms with Crippen molar-refractivity contribution in [3.8, 4) is 45.3 Å².